The molecule has 0 radical (unpaired) electrons. The number of imidazole rings is 1. The molecule has 4 nitrogen and oxygen atoms in total. The number of aromatic nitrogens is 3. The maximum absolute atomic E-state index is 12.1. The number of aryl methyl sites for hydroxylation is 2. The molecule has 0 N–H and O–H groups in total. The molecule has 2 heterocycles. The van der Waals surface area contributed by atoms with Crippen molar-refractivity contribution in [2.75, 3.05) is 0 Å². The highest BCUT2D eigenvalue weighted by atomic mass is 32.1. The second kappa shape index (κ2) is 4.57. The summed E-state index contributed by atoms with van der Waals surface area (Å²) in [6.45, 7) is 4.78. The summed E-state index contributed by atoms with van der Waals surface area (Å²) in [5.41, 5.74) is 0. The Balaban J connectivity index is 2.30. The molecule has 0 aromatic carbocycles. The number of nitrogens with zero attached hydrogens (tertiary/aromatic N) is 3. The van der Waals surface area contributed by atoms with Crippen LogP contribution < -0.4 is 0 Å². The standard InChI is InChI=1S/C11H13N3OS/c1-3-5-14-6-4-12-11(14)10(15)9-7-13-8(2)16-9/h4,6-7H,3,5H2,1-2H3. The van der Waals surface area contributed by atoms with E-state index in [9.17, 15) is 4.79 Å². The van der Waals surface area contributed by atoms with Gasteiger partial charge in [0.25, 0.3) is 0 Å². The lowest BCUT2D eigenvalue weighted by Gasteiger charge is -2.03. The van der Waals surface area contributed by atoms with E-state index in [1.165, 1.54) is 11.3 Å². The summed E-state index contributed by atoms with van der Waals surface area (Å²) in [5, 5.41) is 0.900. The first-order valence-corrected chi connectivity index (χ1v) is 6.02. The van der Waals surface area contributed by atoms with Crippen molar-refractivity contribution in [2.45, 2.75) is 26.8 Å². The maximum atomic E-state index is 12.1. The first-order chi connectivity index (χ1) is 7.72. The van der Waals surface area contributed by atoms with Crippen molar-refractivity contribution in [1.29, 1.82) is 0 Å². The second-order valence-electron chi connectivity index (χ2n) is 3.52. The molecule has 84 valence electrons. The van der Waals surface area contributed by atoms with Crippen molar-refractivity contribution in [2.24, 2.45) is 0 Å². The lowest BCUT2D eigenvalue weighted by molar-refractivity contribution is 0.102. The minimum Gasteiger partial charge on any atom is -0.328 e. The average Bonchev–Trinajstić information content (AvgIpc) is 2.87. The van der Waals surface area contributed by atoms with Gasteiger partial charge in [0.15, 0.2) is 5.82 Å². The van der Waals surface area contributed by atoms with Gasteiger partial charge in [0.2, 0.25) is 5.78 Å². The fraction of sp³-hybridized carbons (Fsp3) is 0.364. The summed E-state index contributed by atoms with van der Waals surface area (Å²) in [7, 11) is 0. The third-order valence-electron chi connectivity index (χ3n) is 2.23. The Hall–Kier alpha value is -1.49. The zero-order valence-corrected chi connectivity index (χ0v) is 10.1. The van der Waals surface area contributed by atoms with E-state index >= 15 is 0 Å². The van der Waals surface area contributed by atoms with Gasteiger partial charge in [0.05, 0.1) is 9.88 Å². The lowest BCUT2D eigenvalue weighted by Crippen LogP contribution is -2.10. The molecule has 0 bridgehead atoms. The van der Waals surface area contributed by atoms with E-state index in [1.807, 2.05) is 17.7 Å². The van der Waals surface area contributed by atoms with Gasteiger partial charge >= 0.3 is 0 Å². The molecule has 0 saturated carbocycles. The number of carbonyl (C=O) groups excluding carboxylic acids is 1. The van der Waals surface area contributed by atoms with Crippen LogP contribution in [0.2, 0.25) is 0 Å². The van der Waals surface area contributed by atoms with E-state index in [-0.39, 0.29) is 5.78 Å². The minimum absolute atomic E-state index is 0.0379. The van der Waals surface area contributed by atoms with Gasteiger partial charge in [0.1, 0.15) is 0 Å². The number of rotatable bonds is 4. The number of thiazole rings is 1. The number of carbonyl (C=O) groups is 1. The van der Waals surface area contributed by atoms with Gasteiger partial charge in [-0.3, -0.25) is 4.79 Å². The first-order valence-electron chi connectivity index (χ1n) is 5.20. The van der Waals surface area contributed by atoms with Crippen LogP contribution in [0, 0.1) is 6.92 Å². The van der Waals surface area contributed by atoms with Crippen LogP contribution in [0.15, 0.2) is 18.6 Å². The normalized spacial score (nSPS) is 10.6. The lowest BCUT2D eigenvalue weighted by atomic mass is 10.3. The molecule has 0 aliphatic rings. The predicted octanol–water partition coefficient (Wildman–Crippen LogP) is 2.29. The van der Waals surface area contributed by atoms with Gasteiger partial charge in [-0.2, -0.15) is 0 Å². The van der Waals surface area contributed by atoms with Crippen molar-refractivity contribution in [3.05, 3.63) is 34.3 Å². The van der Waals surface area contributed by atoms with Crippen LogP contribution in [-0.2, 0) is 6.54 Å². The van der Waals surface area contributed by atoms with Crippen LogP contribution in [0.1, 0.15) is 33.8 Å². The van der Waals surface area contributed by atoms with Gasteiger partial charge in [-0.1, -0.05) is 6.92 Å². The van der Waals surface area contributed by atoms with Crippen LogP contribution >= 0.6 is 11.3 Å². The Morgan fingerprint density at radius 3 is 2.94 bits per heavy atom. The molecule has 0 amide bonds. The molecule has 0 aliphatic carbocycles. The second-order valence-corrected chi connectivity index (χ2v) is 4.75. The smallest absolute Gasteiger partial charge is 0.239 e. The molecule has 2 aromatic rings. The maximum Gasteiger partial charge on any atom is 0.239 e. The van der Waals surface area contributed by atoms with Crippen molar-refractivity contribution >= 4 is 17.1 Å². The van der Waals surface area contributed by atoms with E-state index in [4.69, 9.17) is 0 Å². The van der Waals surface area contributed by atoms with Gasteiger partial charge in [0, 0.05) is 25.1 Å². The van der Waals surface area contributed by atoms with Crippen molar-refractivity contribution in [3.8, 4) is 0 Å². The zero-order valence-electron chi connectivity index (χ0n) is 9.30. The molecule has 0 fully saturated rings. The van der Waals surface area contributed by atoms with Crippen LogP contribution in [0.4, 0.5) is 0 Å². The Kier molecular flexibility index (Phi) is 3.14. The Morgan fingerprint density at radius 2 is 2.31 bits per heavy atom. The van der Waals surface area contributed by atoms with E-state index in [0.29, 0.717) is 10.7 Å². The fourth-order valence-electron chi connectivity index (χ4n) is 1.52. The molecular weight excluding hydrogens is 222 g/mol. The molecular formula is C11H13N3OS. The Labute approximate surface area is 98.0 Å². The van der Waals surface area contributed by atoms with E-state index < -0.39 is 0 Å². The van der Waals surface area contributed by atoms with Gasteiger partial charge < -0.3 is 4.57 Å². The van der Waals surface area contributed by atoms with Gasteiger partial charge in [-0.25, -0.2) is 9.97 Å². The molecule has 0 saturated heterocycles. The quantitative estimate of drug-likeness (QED) is 0.764. The summed E-state index contributed by atoms with van der Waals surface area (Å²) < 4.78 is 1.89. The molecule has 16 heavy (non-hydrogen) atoms. The molecule has 2 aromatic heterocycles. The molecule has 0 atom stereocenters. The third-order valence-corrected chi connectivity index (χ3v) is 3.14. The summed E-state index contributed by atoms with van der Waals surface area (Å²) in [6, 6.07) is 0. The van der Waals surface area contributed by atoms with Crippen molar-refractivity contribution in [3.63, 3.8) is 0 Å². The van der Waals surface area contributed by atoms with E-state index in [0.717, 1.165) is 18.0 Å². The highest BCUT2D eigenvalue weighted by Crippen LogP contribution is 2.16. The van der Waals surface area contributed by atoms with Gasteiger partial charge in [-0.05, 0) is 13.3 Å². The topological polar surface area (TPSA) is 47.8 Å². The molecule has 0 aliphatic heterocycles. The highest BCUT2D eigenvalue weighted by molar-refractivity contribution is 7.13. The van der Waals surface area contributed by atoms with Crippen LogP contribution in [0.25, 0.3) is 0 Å². The SMILES string of the molecule is CCCn1ccnc1C(=O)c1cnc(C)s1. The summed E-state index contributed by atoms with van der Waals surface area (Å²) in [5.74, 6) is 0.467. The van der Waals surface area contributed by atoms with Crippen LogP contribution in [0.3, 0.4) is 0 Å². The number of hydrogen-bond acceptors (Lipinski definition) is 4. The average molecular weight is 235 g/mol. The fourth-order valence-corrected chi connectivity index (χ4v) is 2.23. The Bertz CT molecular complexity index is 501. The van der Waals surface area contributed by atoms with Crippen molar-refractivity contribution < 1.29 is 4.79 Å². The summed E-state index contributed by atoms with van der Waals surface area (Å²) in [6.07, 6.45) is 6.10. The highest BCUT2D eigenvalue weighted by Gasteiger charge is 2.16. The molecule has 5 heteroatoms. The predicted molar refractivity (Wildman–Crippen MR) is 62.8 cm³/mol. The van der Waals surface area contributed by atoms with E-state index in [2.05, 4.69) is 16.9 Å². The largest absolute Gasteiger partial charge is 0.328 e. The van der Waals surface area contributed by atoms with Crippen LogP contribution in [-0.4, -0.2) is 20.3 Å². The number of ketones is 1. The number of hydrogen-bond donors (Lipinski definition) is 0. The zero-order chi connectivity index (χ0) is 11.5. The molecule has 0 spiro atoms. The minimum atomic E-state index is -0.0379. The molecule has 0 unspecified atom stereocenters. The summed E-state index contributed by atoms with van der Waals surface area (Å²) in [4.78, 5) is 21.0. The monoisotopic (exact) mass is 235 g/mol. The van der Waals surface area contributed by atoms with Crippen molar-refractivity contribution in [1.82, 2.24) is 14.5 Å². The molecule has 2 rings (SSSR count). The summed E-state index contributed by atoms with van der Waals surface area (Å²) >= 11 is 1.41. The van der Waals surface area contributed by atoms with E-state index in [1.54, 1.807) is 12.4 Å². The third kappa shape index (κ3) is 2.04. The Morgan fingerprint density at radius 1 is 1.50 bits per heavy atom. The van der Waals surface area contributed by atoms with Gasteiger partial charge in [-0.15, -0.1) is 11.3 Å². The van der Waals surface area contributed by atoms with Crippen LogP contribution in [0.5, 0.6) is 0 Å². The first kappa shape index (κ1) is 11.0.